The maximum absolute atomic E-state index is 11.7. The second-order valence-electron chi connectivity index (χ2n) is 7.70. The van der Waals surface area contributed by atoms with Crippen LogP contribution >= 0.6 is 11.6 Å². The lowest BCUT2D eigenvalue weighted by Crippen LogP contribution is -2.51. The van der Waals surface area contributed by atoms with Crippen molar-refractivity contribution in [1.29, 1.82) is 0 Å². The maximum atomic E-state index is 11.7. The van der Waals surface area contributed by atoms with Gasteiger partial charge in [0.1, 0.15) is 11.4 Å². The monoisotopic (exact) mass is 304 g/mol. The summed E-state index contributed by atoms with van der Waals surface area (Å²) in [6.45, 7) is 6.56. The summed E-state index contributed by atoms with van der Waals surface area (Å²) in [6.07, 6.45) is 3.33. The van der Waals surface area contributed by atoms with Gasteiger partial charge in [-0.2, -0.15) is 0 Å². The second kappa shape index (κ2) is 3.85. The Kier molecular flexibility index (Phi) is 2.51. The van der Waals surface area contributed by atoms with Crippen LogP contribution < -0.4 is 0 Å². The minimum atomic E-state index is -0.925. The molecular weight excluding hydrogens is 284 g/mol. The molecule has 2 aliphatic carbocycles. The normalized spacial score (nSPS) is 37.5. The van der Waals surface area contributed by atoms with Gasteiger partial charge in [-0.25, -0.2) is 0 Å². The Balaban J connectivity index is 1.96. The first-order chi connectivity index (χ1) is 9.79. The minimum Gasteiger partial charge on any atom is -0.456 e. The first kappa shape index (κ1) is 13.7. The average molecular weight is 305 g/mol. The molecule has 1 N–H and O–H groups in total. The topological polar surface area (TPSA) is 33.4 Å². The number of para-hydroxylation sites is 1. The van der Waals surface area contributed by atoms with Crippen LogP contribution in [0.15, 0.2) is 28.7 Å². The van der Waals surface area contributed by atoms with E-state index in [9.17, 15) is 5.11 Å². The molecule has 3 atom stereocenters. The van der Waals surface area contributed by atoms with E-state index in [2.05, 4.69) is 20.8 Å². The van der Waals surface area contributed by atoms with Gasteiger partial charge >= 0.3 is 0 Å². The minimum absolute atomic E-state index is 0.110. The highest BCUT2D eigenvalue weighted by Gasteiger charge is 2.70. The highest BCUT2D eigenvalue weighted by molar-refractivity contribution is 6.34. The predicted molar refractivity (Wildman–Crippen MR) is 84.3 cm³/mol. The Hall–Kier alpha value is -0.990. The van der Waals surface area contributed by atoms with E-state index in [1.165, 1.54) is 6.42 Å². The molecule has 0 amide bonds. The highest BCUT2D eigenvalue weighted by Crippen LogP contribution is 2.72. The molecule has 21 heavy (non-hydrogen) atoms. The van der Waals surface area contributed by atoms with E-state index in [1.54, 1.807) is 0 Å². The number of hydrogen-bond acceptors (Lipinski definition) is 2. The first-order valence-electron chi connectivity index (χ1n) is 7.70. The molecule has 2 fully saturated rings. The summed E-state index contributed by atoms with van der Waals surface area (Å²) in [7, 11) is 0. The number of fused-ring (bicyclic) bond motifs is 3. The van der Waals surface area contributed by atoms with Crippen LogP contribution in [0.2, 0.25) is 5.02 Å². The molecule has 2 aromatic rings. The highest BCUT2D eigenvalue weighted by atomic mass is 35.5. The van der Waals surface area contributed by atoms with Crippen LogP contribution in [0.5, 0.6) is 0 Å². The fourth-order valence-corrected chi connectivity index (χ4v) is 5.30. The molecule has 0 radical (unpaired) electrons. The van der Waals surface area contributed by atoms with Crippen molar-refractivity contribution in [3.63, 3.8) is 0 Å². The Bertz CT molecular complexity index is 725. The molecule has 2 saturated carbocycles. The molecule has 2 aliphatic rings. The zero-order chi connectivity index (χ0) is 15.0. The fraction of sp³-hybridized carbons (Fsp3) is 0.556. The van der Waals surface area contributed by atoms with Crippen molar-refractivity contribution in [2.24, 2.45) is 16.7 Å². The van der Waals surface area contributed by atoms with E-state index in [0.29, 0.717) is 22.3 Å². The van der Waals surface area contributed by atoms with E-state index in [0.717, 1.165) is 18.2 Å². The zero-order valence-corrected chi connectivity index (χ0v) is 13.5. The Morgan fingerprint density at radius 2 is 2.05 bits per heavy atom. The largest absolute Gasteiger partial charge is 0.456 e. The second-order valence-corrected chi connectivity index (χ2v) is 8.11. The average Bonchev–Trinajstić information content (AvgIpc) is 3.05. The summed E-state index contributed by atoms with van der Waals surface area (Å²) < 4.78 is 6.06. The fourth-order valence-electron chi connectivity index (χ4n) is 5.08. The summed E-state index contributed by atoms with van der Waals surface area (Å²) >= 11 is 6.23. The van der Waals surface area contributed by atoms with Gasteiger partial charge in [0, 0.05) is 16.2 Å². The molecule has 4 rings (SSSR count). The van der Waals surface area contributed by atoms with Gasteiger partial charge in [0.15, 0.2) is 5.58 Å². The van der Waals surface area contributed by atoms with Gasteiger partial charge in [0.05, 0.1) is 5.02 Å². The number of furan rings is 1. The smallest absolute Gasteiger partial charge is 0.153 e. The van der Waals surface area contributed by atoms with E-state index < -0.39 is 5.60 Å². The third kappa shape index (κ3) is 1.43. The van der Waals surface area contributed by atoms with Crippen LogP contribution in [0.4, 0.5) is 0 Å². The van der Waals surface area contributed by atoms with Crippen LogP contribution in [0.1, 0.15) is 45.8 Å². The van der Waals surface area contributed by atoms with Gasteiger partial charge in [0.25, 0.3) is 0 Å². The third-order valence-electron chi connectivity index (χ3n) is 6.42. The molecule has 1 aromatic carbocycles. The molecule has 2 bridgehead atoms. The predicted octanol–water partition coefficient (Wildman–Crippen LogP) is 5.12. The van der Waals surface area contributed by atoms with Crippen LogP contribution in [0.3, 0.4) is 0 Å². The van der Waals surface area contributed by atoms with E-state index >= 15 is 0 Å². The Morgan fingerprint density at radius 1 is 1.29 bits per heavy atom. The lowest BCUT2D eigenvalue weighted by atomic mass is 9.59. The molecule has 3 unspecified atom stereocenters. The van der Waals surface area contributed by atoms with E-state index in [4.69, 9.17) is 16.0 Å². The Morgan fingerprint density at radius 3 is 2.67 bits per heavy atom. The van der Waals surface area contributed by atoms with E-state index in [-0.39, 0.29) is 10.8 Å². The molecular formula is C18H21ClO2. The van der Waals surface area contributed by atoms with Crippen molar-refractivity contribution in [2.45, 2.75) is 45.6 Å². The van der Waals surface area contributed by atoms with Gasteiger partial charge in [0.2, 0.25) is 0 Å². The number of hydrogen-bond donors (Lipinski definition) is 1. The number of benzene rings is 1. The van der Waals surface area contributed by atoms with Crippen molar-refractivity contribution in [1.82, 2.24) is 0 Å². The summed E-state index contributed by atoms with van der Waals surface area (Å²) in [6, 6.07) is 7.71. The summed E-state index contributed by atoms with van der Waals surface area (Å²) in [5.74, 6) is 1.23. The van der Waals surface area contributed by atoms with Gasteiger partial charge in [-0.3, -0.25) is 0 Å². The van der Waals surface area contributed by atoms with Crippen LogP contribution in [0, 0.1) is 16.7 Å². The molecule has 2 nitrogen and oxygen atoms in total. The third-order valence-corrected chi connectivity index (χ3v) is 6.72. The van der Waals surface area contributed by atoms with Crippen molar-refractivity contribution >= 4 is 22.6 Å². The lowest BCUT2D eigenvalue weighted by molar-refractivity contribution is -0.162. The molecule has 3 heteroatoms. The summed E-state index contributed by atoms with van der Waals surface area (Å²) in [5, 5.41) is 13.3. The molecule has 0 aliphatic heterocycles. The van der Waals surface area contributed by atoms with Crippen LogP contribution in [-0.4, -0.2) is 5.11 Å². The molecule has 112 valence electrons. The van der Waals surface area contributed by atoms with Gasteiger partial charge in [-0.1, -0.05) is 44.5 Å². The molecule has 0 spiro atoms. The zero-order valence-electron chi connectivity index (χ0n) is 12.7. The van der Waals surface area contributed by atoms with Gasteiger partial charge in [-0.15, -0.1) is 0 Å². The SMILES string of the molecule is CC12CCC(C1)C(C)(C)C2(O)c1cc2cccc(Cl)c2o1. The van der Waals surface area contributed by atoms with Gasteiger partial charge < -0.3 is 9.52 Å². The number of rotatable bonds is 1. The van der Waals surface area contributed by atoms with Crippen molar-refractivity contribution in [2.75, 3.05) is 0 Å². The number of aliphatic hydroxyl groups is 1. The number of halogens is 1. The molecule has 1 heterocycles. The standard InChI is InChI=1S/C18H21ClO2/c1-16(2)12-7-8-17(3,10-12)18(16,20)14-9-11-5-4-6-13(19)15(11)21-14/h4-6,9,12,20H,7-8,10H2,1-3H3. The van der Waals surface area contributed by atoms with Crippen molar-refractivity contribution in [3.05, 3.63) is 35.0 Å². The lowest BCUT2D eigenvalue weighted by Gasteiger charge is -2.49. The summed E-state index contributed by atoms with van der Waals surface area (Å²) in [5.41, 5.74) is -0.530. The maximum Gasteiger partial charge on any atom is 0.153 e. The van der Waals surface area contributed by atoms with Crippen molar-refractivity contribution < 1.29 is 9.52 Å². The van der Waals surface area contributed by atoms with Crippen molar-refractivity contribution in [3.8, 4) is 0 Å². The summed E-state index contributed by atoms with van der Waals surface area (Å²) in [4.78, 5) is 0. The Labute approximate surface area is 130 Å². The van der Waals surface area contributed by atoms with Crippen LogP contribution in [-0.2, 0) is 5.60 Å². The molecule has 0 saturated heterocycles. The molecule has 1 aromatic heterocycles. The van der Waals surface area contributed by atoms with Gasteiger partial charge in [-0.05, 0) is 37.3 Å². The first-order valence-corrected chi connectivity index (χ1v) is 8.08. The quantitative estimate of drug-likeness (QED) is 0.793. The van der Waals surface area contributed by atoms with E-state index in [1.807, 2.05) is 24.3 Å². The van der Waals surface area contributed by atoms with Crippen LogP contribution in [0.25, 0.3) is 11.0 Å².